The van der Waals surface area contributed by atoms with Crippen LogP contribution in [0.25, 0.3) is 28.1 Å². The molecule has 0 fully saturated rings. The zero-order valence-corrected chi connectivity index (χ0v) is 19.6. The van der Waals surface area contributed by atoms with E-state index in [1.807, 2.05) is 0 Å². The number of aromatic nitrogens is 2. The topological polar surface area (TPSA) is 167 Å². The summed E-state index contributed by atoms with van der Waals surface area (Å²) in [4.78, 5) is 10.9. The molecule has 37 heavy (non-hydrogen) atoms. The van der Waals surface area contributed by atoms with E-state index in [1.165, 1.54) is 36.5 Å². The maximum atomic E-state index is 13.9. The molecule has 0 radical (unpaired) electrons. The van der Waals surface area contributed by atoms with Crippen LogP contribution in [0.2, 0.25) is 5.02 Å². The van der Waals surface area contributed by atoms with Gasteiger partial charge in [-0.05, 0) is 52.6 Å². The Morgan fingerprint density at radius 1 is 0.946 bits per heavy atom. The molecule has 0 aliphatic carbocycles. The second-order valence-electron chi connectivity index (χ2n) is 8.15. The Kier molecular flexibility index (Phi) is 6.98. The van der Waals surface area contributed by atoms with Crippen molar-refractivity contribution in [2.45, 2.75) is 11.8 Å². The summed E-state index contributed by atoms with van der Waals surface area (Å²) in [6.45, 7) is 0. The van der Waals surface area contributed by atoms with Gasteiger partial charge in [-0.2, -0.15) is 5.10 Å². The molecule has 4 rings (SSSR count). The number of nitrogens with one attached hydrogen (secondary N) is 1. The normalized spacial score (nSPS) is 13.3. The van der Waals surface area contributed by atoms with Gasteiger partial charge in [0.25, 0.3) is 5.79 Å². The second-order valence-corrected chi connectivity index (χ2v) is 8.55. The van der Waals surface area contributed by atoms with Crippen LogP contribution in [0.5, 0.6) is 0 Å². The molecule has 0 aliphatic heterocycles. The van der Waals surface area contributed by atoms with E-state index >= 15 is 0 Å². The highest BCUT2D eigenvalue weighted by molar-refractivity contribution is 6.33. The molecule has 3 aromatic carbocycles. The fourth-order valence-corrected chi connectivity index (χ4v) is 4.10. The third kappa shape index (κ3) is 5.30. The van der Waals surface area contributed by atoms with Gasteiger partial charge < -0.3 is 30.6 Å². The fraction of sp³-hybridized carbons (Fsp3) is 0.0769. The average Bonchev–Trinajstić information content (AvgIpc) is 3.29. The number of rotatable bonds is 7. The lowest BCUT2D eigenvalue weighted by Gasteiger charge is -2.34. The van der Waals surface area contributed by atoms with Crippen LogP contribution in [0, 0.1) is 5.82 Å². The molecule has 0 saturated heterocycles. The number of hydrogen-bond acceptors (Lipinski definition) is 7. The summed E-state index contributed by atoms with van der Waals surface area (Å²) in [5.74, 6) is -9.71. The lowest BCUT2D eigenvalue weighted by atomic mass is 9.83. The van der Waals surface area contributed by atoms with Gasteiger partial charge in [-0.3, -0.25) is 5.10 Å². The molecule has 0 amide bonds. The molecule has 0 bridgehead atoms. The first-order valence-corrected chi connectivity index (χ1v) is 11.0. The van der Waals surface area contributed by atoms with Crippen LogP contribution in [-0.4, -0.2) is 58.6 Å². The van der Waals surface area contributed by atoms with Crippen molar-refractivity contribution in [3.8, 4) is 0 Å². The van der Waals surface area contributed by atoms with Crippen molar-refractivity contribution in [3.05, 3.63) is 106 Å². The van der Waals surface area contributed by atoms with Crippen LogP contribution in [0.15, 0.2) is 72.9 Å². The number of aliphatic carboxylic acids is 1. The van der Waals surface area contributed by atoms with E-state index < -0.39 is 29.1 Å². The maximum Gasteiger partial charge on any atom is 0.337 e. The van der Waals surface area contributed by atoms with Gasteiger partial charge in [-0.25, -0.2) is 9.18 Å². The van der Waals surface area contributed by atoms with Crippen LogP contribution >= 0.6 is 11.6 Å². The molecule has 7 N–H and O–H groups in total. The van der Waals surface area contributed by atoms with Crippen LogP contribution in [-0.2, 0) is 4.79 Å². The molecule has 1 heterocycles. The zero-order chi connectivity index (χ0) is 27.0. The molecule has 0 saturated carbocycles. The lowest BCUT2D eigenvalue weighted by Crippen LogP contribution is -2.55. The SMILES string of the molecule is O=C(O)/C=C/c1ccc(/C(=C(\c2ccc(F)cc2Cl)C(O)(O)C(O)(O)O)c2ccc3[nH]ncc3c2)cc1. The predicted molar refractivity (Wildman–Crippen MR) is 133 cm³/mol. The van der Waals surface area contributed by atoms with Crippen molar-refractivity contribution in [2.24, 2.45) is 0 Å². The van der Waals surface area contributed by atoms with Crippen LogP contribution < -0.4 is 0 Å². The maximum absolute atomic E-state index is 13.9. The molecule has 0 aliphatic rings. The highest BCUT2D eigenvalue weighted by atomic mass is 35.5. The first kappa shape index (κ1) is 26.2. The summed E-state index contributed by atoms with van der Waals surface area (Å²) in [5, 5.41) is 67.6. The number of H-pyrrole nitrogens is 1. The van der Waals surface area contributed by atoms with Crippen molar-refractivity contribution in [1.82, 2.24) is 10.2 Å². The number of aromatic amines is 1. The van der Waals surface area contributed by atoms with E-state index in [0.717, 1.165) is 24.3 Å². The highest BCUT2D eigenvalue weighted by Gasteiger charge is 2.52. The summed E-state index contributed by atoms with van der Waals surface area (Å²) in [7, 11) is 0. The molecular formula is C26H20ClFN2O7. The Bertz CT molecular complexity index is 1540. The number of aliphatic hydroxyl groups is 5. The number of carboxylic acids is 1. The van der Waals surface area contributed by atoms with Crippen LogP contribution in [0.3, 0.4) is 0 Å². The summed E-state index contributed by atoms with van der Waals surface area (Å²) < 4.78 is 13.9. The first-order chi connectivity index (χ1) is 17.4. The largest absolute Gasteiger partial charge is 0.478 e. The Balaban J connectivity index is 2.10. The minimum absolute atomic E-state index is 0.0168. The van der Waals surface area contributed by atoms with E-state index in [-0.39, 0.29) is 21.7 Å². The molecule has 4 aromatic rings. The van der Waals surface area contributed by atoms with Gasteiger partial charge >= 0.3 is 11.9 Å². The lowest BCUT2D eigenvalue weighted by molar-refractivity contribution is -0.424. The third-order valence-corrected chi connectivity index (χ3v) is 5.93. The Labute approximate surface area is 213 Å². The van der Waals surface area contributed by atoms with Crippen molar-refractivity contribution in [3.63, 3.8) is 0 Å². The van der Waals surface area contributed by atoms with Gasteiger partial charge in [0.2, 0.25) is 0 Å². The first-order valence-electron chi connectivity index (χ1n) is 10.7. The van der Waals surface area contributed by atoms with E-state index in [2.05, 4.69) is 10.2 Å². The Morgan fingerprint density at radius 2 is 1.62 bits per heavy atom. The smallest absolute Gasteiger partial charge is 0.337 e. The molecule has 0 atom stereocenters. The minimum atomic E-state index is -4.07. The summed E-state index contributed by atoms with van der Waals surface area (Å²) in [6.07, 6.45) is 3.79. The van der Waals surface area contributed by atoms with Crippen molar-refractivity contribution < 1.29 is 39.8 Å². The molecule has 0 spiro atoms. The fourth-order valence-electron chi connectivity index (χ4n) is 3.84. The van der Waals surface area contributed by atoms with E-state index in [9.17, 15) is 34.7 Å². The number of hydrogen-bond donors (Lipinski definition) is 7. The monoisotopic (exact) mass is 526 g/mol. The minimum Gasteiger partial charge on any atom is -0.478 e. The second kappa shape index (κ2) is 9.87. The Morgan fingerprint density at radius 3 is 2.24 bits per heavy atom. The molecule has 9 nitrogen and oxygen atoms in total. The van der Waals surface area contributed by atoms with E-state index in [4.69, 9.17) is 16.7 Å². The molecule has 0 unspecified atom stereocenters. The van der Waals surface area contributed by atoms with Crippen LogP contribution in [0.4, 0.5) is 4.39 Å². The summed E-state index contributed by atoms with van der Waals surface area (Å²) >= 11 is 6.25. The average molecular weight is 527 g/mol. The van der Waals surface area contributed by atoms with Crippen LogP contribution in [0.1, 0.15) is 22.3 Å². The Hall–Kier alpha value is -3.90. The predicted octanol–water partition coefficient (Wildman–Crippen LogP) is 2.72. The molecule has 11 heteroatoms. The van der Waals surface area contributed by atoms with Crippen molar-refractivity contribution in [2.75, 3.05) is 0 Å². The van der Waals surface area contributed by atoms with E-state index in [1.54, 1.807) is 18.2 Å². The highest BCUT2D eigenvalue weighted by Crippen LogP contribution is 2.43. The summed E-state index contributed by atoms with van der Waals surface area (Å²) in [5.41, 5.74) is 0.860. The van der Waals surface area contributed by atoms with Gasteiger partial charge in [0, 0.05) is 22.6 Å². The molecule has 190 valence electrons. The number of nitrogens with zero attached hydrogens (tertiary/aromatic N) is 1. The van der Waals surface area contributed by atoms with Gasteiger partial charge in [0.05, 0.1) is 16.7 Å². The van der Waals surface area contributed by atoms with Gasteiger partial charge in [0.15, 0.2) is 0 Å². The van der Waals surface area contributed by atoms with Gasteiger partial charge in [0.1, 0.15) is 5.82 Å². The standard InChI is InChI=1S/C26H20ClFN2O7/c27-20-12-18(28)7-8-19(20)24(25(33,34)26(35,36)37)23(16-6-9-21-17(11-16)13-29-30-21)15-4-1-14(2-5-15)3-10-22(31)32/h1-13,33-37H,(H,29,30)(H,31,32)/b10-3+,24-23-. The molecule has 1 aromatic heterocycles. The zero-order valence-electron chi connectivity index (χ0n) is 18.8. The van der Waals surface area contributed by atoms with E-state index in [0.29, 0.717) is 22.0 Å². The third-order valence-electron chi connectivity index (χ3n) is 5.61. The van der Waals surface area contributed by atoms with Crippen molar-refractivity contribution in [1.29, 1.82) is 0 Å². The van der Waals surface area contributed by atoms with Gasteiger partial charge in [-0.15, -0.1) is 0 Å². The van der Waals surface area contributed by atoms with Gasteiger partial charge in [-0.1, -0.05) is 48.0 Å². The quantitative estimate of drug-likeness (QED) is 0.110. The van der Waals surface area contributed by atoms with Crippen molar-refractivity contribution >= 4 is 45.7 Å². The summed E-state index contributed by atoms with van der Waals surface area (Å²) in [6, 6.07) is 13.9. The number of carbonyl (C=O) groups is 1. The number of halogens is 2. The number of carboxylic acid groups (broad SMARTS) is 1. The number of fused-ring (bicyclic) bond motifs is 1. The molecular weight excluding hydrogens is 507 g/mol. The number of benzene rings is 3.